The van der Waals surface area contributed by atoms with Crippen molar-refractivity contribution in [3.8, 4) is 55.9 Å². The number of para-hydroxylation sites is 4. The van der Waals surface area contributed by atoms with Crippen LogP contribution in [0.1, 0.15) is 0 Å². The Morgan fingerprint density at radius 1 is 0.200 bits per heavy atom. The standard InChI is InChI=1S/C86H58N4/c1-6-25-59(26-7-1)75-50-49-65(58-82(75)88(70-38-12-4-13-39-70)73-43-22-33-67(53-73)77-45-23-47-80-85(77)78-54-61-27-16-18-29-63(61)56-83(78)89(80)71-40-14-5-15-41-71)60-31-20-44-74(51-60)90-81-48-24-46-76(86(81)79-55-62-28-17-19-30-64(62)57-84(79)90)66-32-21-42-72(52-66)87(68-34-8-2-9-35-68)69-36-10-3-11-37-69/h1-58H. The molecule has 2 heterocycles. The minimum Gasteiger partial charge on any atom is -0.310 e. The summed E-state index contributed by atoms with van der Waals surface area (Å²) in [4.78, 5) is 4.79. The maximum absolute atomic E-state index is 2.48. The quantitative estimate of drug-likeness (QED) is 0.121. The lowest BCUT2D eigenvalue weighted by Gasteiger charge is -2.29. The Balaban J connectivity index is 0.829. The maximum Gasteiger partial charge on any atom is 0.0547 e. The predicted molar refractivity (Wildman–Crippen MR) is 381 cm³/mol. The molecule has 15 aromatic carbocycles. The molecule has 4 heteroatoms. The van der Waals surface area contributed by atoms with Crippen LogP contribution in [-0.2, 0) is 0 Å². The summed E-state index contributed by atoms with van der Waals surface area (Å²) in [6, 6.07) is 129. The lowest BCUT2D eigenvalue weighted by molar-refractivity contribution is 1.18. The number of fused-ring (bicyclic) bond motifs is 8. The fourth-order valence-corrected chi connectivity index (χ4v) is 13.9. The van der Waals surface area contributed by atoms with E-state index in [0.29, 0.717) is 0 Å². The second kappa shape index (κ2) is 22.1. The molecular weight excluding hydrogens is 1090 g/mol. The minimum atomic E-state index is 1.06. The molecule has 0 aliphatic rings. The highest BCUT2D eigenvalue weighted by molar-refractivity contribution is 6.20. The Labute approximate surface area is 522 Å². The molecule has 0 aliphatic carbocycles. The summed E-state index contributed by atoms with van der Waals surface area (Å²) in [6.45, 7) is 0. The van der Waals surface area contributed by atoms with E-state index in [2.05, 4.69) is 371 Å². The molecule has 0 unspecified atom stereocenters. The number of benzene rings is 15. The molecular formula is C86H58N4. The van der Waals surface area contributed by atoms with E-state index in [9.17, 15) is 0 Å². The van der Waals surface area contributed by atoms with Crippen molar-refractivity contribution in [2.75, 3.05) is 9.80 Å². The van der Waals surface area contributed by atoms with E-state index >= 15 is 0 Å². The molecule has 0 spiro atoms. The molecule has 2 aromatic heterocycles. The fraction of sp³-hybridized carbons (Fsp3) is 0. The zero-order valence-corrected chi connectivity index (χ0v) is 49.3. The van der Waals surface area contributed by atoms with E-state index in [4.69, 9.17) is 0 Å². The predicted octanol–water partition coefficient (Wildman–Crippen LogP) is 23.8. The van der Waals surface area contributed by atoms with Gasteiger partial charge in [0.25, 0.3) is 0 Å². The summed E-state index contributed by atoms with van der Waals surface area (Å²) in [5, 5.41) is 9.73. The van der Waals surface area contributed by atoms with Crippen LogP contribution in [0.4, 0.5) is 34.1 Å². The van der Waals surface area contributed by atoms with Crippen molar-refractivity contribution in [3.05, 3.63) is 352 Å². The molecule has 0 fully saturated rings. The zero-order valence-electron chi connectivity index (χ0n) is 49.3. The molecule has 0 bridgehead atoms. The monoisotopic (exact) mass is 1150 g/mol. The molecule has 90 heavy (non-hydrogen) atoms. The number of rotatable bonds is 12. The summed E-state index contributed by atoms with van der Waals surface area (Å²) >= 11 is 0. The largest absolute Gasteiger partial charge is 0.310 e. The Bertz CT molecular complexity index is 5500. The van der Waals surface area contributed by atoms with Gasteiger partial charge in [-0.3, -0.25) is 0 Å². The highest BCUT2D eigenvalue weighted by Crippen LogP contribution is 2.48. The molecule has 0 atom stereocenters. The maximum atomic E-state index is 2.48. The molecule has 0 aliphatic heterocycles. The van der Waals surface area contributed by atoms with E-state index in [0.717, 1.165) is 89.9 Å². The zero-order chi connectivity index (χ0) is 59.5. The molecule has 17 aromatic rings. The smallest absolute Gasteiger partial charge is 0.0547 e. The summed E-state index contributed by atoms with van der Waals surface area (Å²) in [5.41, 5.74) is 22.5. The van der Waals surface area contributed by atoms with Gasteiger partial charge in [0.15, 0.2) is 0 Å². The number of hydrogen-bond donors (Lipinski definition) is 0. The van der Waals surface area contributed by atoms with Crippen molar-refractivity contribution >= 4 is 99.3 Å². The van der Waals surface area contributed by atoms with Gasteiger partial charge in [-0.1, -0.05) is 224 Å². The number of hydrogen-bond acceptors (Lipinski definition) is 2. The van der Waals surface area contributed by atoms with Gasteiger partial charge in [-0.05, 0) is 188 Å². The van der Waals surface area contributed by atoms with Gasteiger partial charge < -0.3 is 18.9 Å². The molecule has 0 amide bonds. The first-order chi connectivity index (χ1) is 44.6. The minimum absolute atomic E-state index is 1.06. The summed E-state index contributed by atoms with van der Waals surface area (Å²) in [5.74, 6) is 0. The normalized spacial score (nSPS) is 11.6. The number of aromatic nitrogens is 2. The Morgan fingerprint density at radius 3 is 1.11 bits per heavy atom. The van der Waals surface area contributed by atoms with Crippen LogP contribution in [0, 0.1) is 0 Å². The summed E-state index contributed by atoms with van der Waals surface area (Å²) in [6.07, 6.45) is 0. The average Bonchev–Trinajstić information content (AvgIpc) is 1.73. The molecule has 0 radical (unpaired) electrons. The SMILES string of the molecule is c1ccc(-c2ccc(-c3cccc(-n4c5cc6ccccc6cc5c5c(-c6cccc(N(c7ccccc7)c7ccccc7)c6)cccc54)c3)cc2N(c2ccccc2)c2cccc(-c3cccc4c3c3cc5ccccc5cc3n4-c3ccccc3)c2)cc1. The average molecular weight is 1150 g/mol. The highest BCUT2D eigenvalue weighted by Gasteiger charge is 2.24. The van der Waals surface area contributed by atoms with Crippen molar-refractivity contribution in [2.24, 2.45) is 0 Å². The van der Waals surface area contributed by atoms with Gasteiger partial charge in [0.1, 0.15) is 0 Å². The summed E-state index contributed by atoms with van der Waals surface area (Å²) in [7, 11) is 0. The van der Waals surface area contributed by atoms with Gasteiger partial charge in [0, 0.05) is 66.9 Å². The van der Waals surface area contributed by atoms with Gasteiger partial charge in [-0.25, -0.2) is 0 Å². The van der Waals surface area contributed by atoms with Crippen LogP contribution in [-0.4, -0.2) is 9.13 Å². The van der Waals surface area contributed by atoms with Crippen LogP contribution in [0.2, 0.25) is 0 Å². The second-order valence-electron chi connectivity index (χ2n) is 23.3. The fourth-order valence-electron chi connectivity index (χ4n) is 13.9. The molecule has 4 nitrogen and oxygen atoms in total. The number of nitrogens with zero attached hydrogens (tertiary/aromatic N) is 4. The van der Waals surface area contributed by atoms with Crippen LogP contribution in [0.3, 0.4) is 0 Å². The molecule has 0 saturated carbocycles. The Morgan fingerprint density at radius 2 is 0.578 bits per heavy atom. The van der Waals surface area contributed by atoms with Crippen LogP contribution >= 0.6 is 0 Å². The van der Waals surface area contributed by atoms with E-state index in [-0.39, 0.29) is 0 Å². The molecule has 17 rings (SSSR count). The van der Waals surface area contributed by atoms with Crippen LogP contribution in [0.25, 0.3) is 121 Å². The Kier molecular flexibility index (Phi) is 12.8. The van der Waals surface area contributed by atoms with Crippen LogP contribution in [0.15, 0.2) is 352 Å². The lowest BCUT2D eigenvalue weighted by Crippen LogP contribution is -2.11. The third kappa shape index (κ3) is 9.08. The van der Waals surface area contributed by atoms with Crippen LogP contribution in [0.5, 0.6) is 0 Å². The van der Waals surface area contributed by atoms with E-state index < -0.39 is 0 Å². The van der Waals surface area contributed by atoms with Crippen molar-refractivity contribution in [1.29, 1.82) is 0 Å². The molecule has 422 valence electrons. The lowest BCUT2D eigenvalue weighted by atomic mass is 9.95. The van der Waals surface area contributed by atoms with Crippen molar-refractivity contribution in [3.63, 3.8) is 0 Å². The van der Waals surface area contributed by atoms with E-state index in [1.54, 1.807) is 0 Å². The second-order valence-corrected chi connectivity index (χ2v) is 23.3. The van der Waals surface area contributed by atoms with E-state index in [1.807, 2.05) is 0 Å². The highest BCUT2D eigenvalue weighted by atomic mass is 15.1. The summed E-state index contributed by atoms with van der Waals surface area (Å²) < 4.78 is 4.91. The first-order valence-corrected chi connectivity index (χ1v) is 30.9. The van der Waals surface area contributed by atoms with Gasteiger partial charge in [0.2, 0.25) is 0 Å². The first-order valence-electron chi connectivity index (χ1n) is 30.9. The van der Waals surface area contributed by atoms with Gasteiger partial charge >= 0.3 is 0 Å². The van der Waals surface area contributed by atoms with Crippen LogP contribution < -0.4 is 9.80 Å². The van der Waals surface area contributed by atoms with E-state index in [1.165, 1.54) is 65.3 Å². The van der Waals surface area contributed by atoms with Gasteiger partial charge in [-0.2, -0.15) is 0 Å². The third-order valence-corrected chi connectivity index (χ3v) is 18.0. The third-order valence-electron chi connectivity index (χ3n) is 18.0. The van der Waals surface area contributed by atoms with Crippen molar-refractivity contribution in [2.45, 2.75) is 0 Å². The number of anilines is 6. The molecule has 0 saturated heterocycles. The molecule has 0 N–H and O–H groups in total. The van der Waals surface area contributed by atoms with Crippen molar-refractivity contribution < 1.29 is 0 Å². The topological polar surface area (TPSA) is 16.3 Å². The van der Waals surface area contributed by atoms with Gasteiger partial charge in [0.05, 0.1) is 27.8 Å². The Hall–Kier alpha value is -12.0. The van der Waals surface area contributed by atoms with Crippen molar-refractivity contribution in [1.82, 2.24) is 9.13 Å². The first kappa shape index (κ1) is 52.4. The van der Waals surface area contributed by atoms with Gasteiger partial charge in [-0.15, -0.1) is 0 Å².